The van der Waals surface area contributed by atoms with Crippen LogP contribution in [0.1, 0.15) is 20.8 Å². The van der Waals surface area contributed by atoms with Gasteiger partial charge in [0.05, 0.1) is 13.7 Å². The Kier molecular flexibility index (Phi) is 3.97. The summed E-state index contributed by atoms with van der Waals surface area (Å²) in [6.45, 7) is 6.94. The van der Waals surface area contributed by atoms with Gasteiger partial charge in [-0.15, -0.1) is 0 Å². The van der Waals surface area contributed by atoms with Gasteiger partial charge in [-0.05, 0) is 21.3 Å². The molecule has 1 aromatic rings. The highest BCUT2D eigenvalue weighted by molar-refractivity contribution is 9.10. The maximum atomic E-state index is 5.59. The van der Waals surface area contributed by atoms with E-state index in [1.165, 1.54) is 0 Å². The molecule has 1 heterocycles. The molecule has 0 aromatic carbocycles. The molecule has 0 saturated carbocycles. The van der Waals surface area contributed by atoms with Gasteiger partial charge >= 0.3 is 0 Å². The standard InChI is InChI=1S/C11H16BrNO2/c1-11(2,3)7-15-10-9(14-4)5-8(12)6-13-10/h5-6H,7H2,1-4H3. The van der Waals surface area contributed by atoms with E-state index in [1.807, 2.05) is 6.07 Å². The highest BCUT2D eigenvalue weighted by Gasteiger charge is 2.14. The fourth-order valence-electron chi connectivity index (χ4n) is 0.948. The van der Waals surface area contributed by atoms with Crippen LogP contribution in [0.4, 0.5) is 0 Å². The number of ether oxygens (including phenoxy) is 2. The summed E-state index contributed by atoms with van der Waals surface area (Å²) in [4.78, 5) is 4.16. The van der Waals surface area contributed by atoms with E-state index in [1.54, 1.807) is 13.3 Å². The van der Waals surface area contributed by atoms with Crippen molar-refractivity contribution in [1.82, 2.24) is 4.98 Å². The molecule has 0 unspecified atom stereocenters. The number of hydrogen-bond donors (Lipinski definition) is 0. The Morgan fingerprint density at radius 3 is 2.60 bits per heavy atom. The molecule has 0 radical (unpaired) electrons. The van der Waals surface area contributed by atoms with E-state index in [2.05, 4.69) is 41.7 Å². The number of nitrogens with zero attached hydrogens (tertiary/aromatic N) is 1. The Morgan fingerprint density at radius 2 is 2.07 bits per heavy atom. The average Bonchev–Trinajstić information content (AvgIpc) is 2.14. The molecular formula is C11H16BrNO2. The molecule has 0 saturated heterocycles. The predicted octanol–water partition coefficient (Wildman–Crippen LogP) is 3.28. The fourth-order valence-corrected chi connectivity index (χ4v) is 1.26. The topological polar surface area (TPSA) is 31.4 Å². The number of methoxy groups -OCH3 is 1. The van der Waals surface area contributed by atoms with E-state index in [9.17, 15) is 0 Å². The largest absolute Gasteiger partial charge is 0.491 e. The van der Waals surface area contributed by atoms with Crippen LogP contribution in [-0.2, 0) is 0 Å². The Hall–Kier alpha value is -0.770. The SMILES string of the molecule is COc1cc(Br)cnc1OCC(C)(C)C. The highest BCUT2D eigenvalue weighted by atomic mass is 79.9. The van der Waals surface area contributed by atoms with Crippen LogP contribution in [0, 0.1) is 5.41 Å². The number of pyridine rings is 1. The van der Waals surface area contributed by atoms with Gasteiger partial charge in [0, 0.05) is 16.7 Å². The first-order valence-corrected chi connectivity index (χ1v) is 5.54. The molecule has 0 N–H and O–H groups in total. The van der Waals surface area contributed by atoms with Crippen molar-refractivity contribution in [2.45, 2.75) is 20.8 Å². The zero-order valence-corrected chi connectivity index (χ0v) is 11.1. The van der Waals surface area contributed by atoms with Gasteiger partial charge in [-0.25, -0.2) is 4.98 Å². The summed E-state index contributed by atoms with van der Waals surface area (Å²) in [6.07, 6.45) is 1.69. The van der Waals surface area contributed by atoms with Gasteiger partial charge in [-0.2, -0.15) is 0 Å². The molecule has 0 atom stereocenters. The smallest absolute Gasteiger partial charge is 0.257 e. The fraction of sp³-hybridized carbons (Fsp3) is 0.545. The normalized spacial score (nSPS) is 11.3. The summed E-state index contributed by atoms with van der Waals surface area (Å²) < 4.78 is 11.6. The van der Waals surface area contributed by atoms with Crippen LogP contribution in [0.25, 0.3) is 0 Å². The van der Waals surface area contributed by atoms with E-state index in [0.29, 0.717) is 18.2 Å². The van der Waals surface area contributed by atoms with Crippen LogP contribution < -0.4 is 9.47 Å². The zero-order chi connectivity index (χ0) is 11.5. The third-order valence-corrected chi connectivity index (χ3v) is 2.08. The summed E-state index contributed by atoms with van der Waals surface area (Å²) in [5.74, 6) is 1.18. The molecule has 84 valence electrons. The second kappa shape index (κ2) is 4.84. The van der Waals surface area contributed by atoms with E-state index in [4.69, 9.17) is 9.47 Å². The van der Waals surface area contributed by atoms with E-state index in [-0.39, 0.29) is 5.41 Å². The summed E-state index contributed by atoms with van der Waals surface area (Å²) in [6, 6.07) is 1.84. The van der Waals surface area contributed by atoms with Crippen LogP contribution >= 0.6 is 15.9 Å². The maximum absolute atomic E-state index is 5.59. The average molecular weight is 274 g/mol. The van der Waals surface area contributed by atoms with Crippen molar-refractivity contribution in [3.05, 3.63) is 16.7 Å². The van der Waals surface area contributed by atoms with Crippen LogP contribution in [0.3, 0.4) is 0 Å². The molecule has 0 fully saturated rings. The number of halogens is 1. The lowest BCUT2D eigenvalue weighted by atomic mass is 9.99. The lowest BCUT2D eigenvalue weighted by Gasteiger charge is -2.19. The third kappa shape index (κ3) is 4.08. The number of hydrogen-bond acceptors (Lipinski definition) is 3. The van der Waals surface area contributed by atoms with E-state index < -0.39 is 0 Å². The molecular weight excluding hydrogens is 258 g/mol. The lowest BCUT2D eigenvalue weighted by Crippen LogP contribution is -2.17. The van der Waals surface area contributed by atoms with Crippen molar-refractivity contribution in [2.24, 2.45) is 5.41 Å². The minimum Gasteiger partial charge on any atom is -0.491 e. The van der Waals surface area contributed by atoms with Gasteiger partial charge in [0.25, 0.3) is 5.88 Å². The summed E-state index contributed by atoms with van der Waals surface area (Å²) in [5.41, 5.74) is 0.111. The van der Waals surface area contributed by atoms with Crippen molar-refractivity contribution in [2.75, 3.05) is 13.7 Å². The Bertz CT molecular complexity index is 334. The summed E-state index contributed by atoms with van der Waals surface area (Å²) >= 11 is 3.33. The minimum absolute atomic E-state index is 0.111. The molecule has 0 bridgehead atoms. The van der Waals surface area contributed by atoms with Crippen LogP contribution in [0.2, 0.25) is 0 Å². The number of aromatic nitrogens is 1. The highest BCUT2D eigenvalue weighted by Crippen LogP contribution is 2.28. The van der Waals surface area contributed by atoms with Gasteiger partial charge in [0.1, 0.15) is 0 Å². The minimum atomic E-state index is 0.111. The van der Waals surface area contributed by atoms with Crippen molar-refractivity contribution in [3.8, 4) is 11.6 Å². The Labute approximate surface area is 98.9 Å². The van der Waals surface area contributed by atoms with Crippen LogP contribution in [-0.4, -0.2) is 18.7 Å². The molecule has 0 aliphatic rings. The Morgan fingerprint density at radius 1 is 1.40 bits per heavy atom. The van der Waals surface area contributed by atoms with Gasteiger partial charge in [-0.1, -0.05) is 20.8 Å². The zero-order valence-electron chi connectivity index (χ0n) is 9.50. The predicted molar refractivity (Wildman–Crippen MR) is 63.4 cm³/mol. The molecule has 3 nitrogen and oxygen atoms in total. The molecule has 0 amide bonds. The second-order valence-corrected chi connectivity index (χ2v) is 5.43. The molecule has 1 aromatic heterocycles. The van der Waals surface area contributed by atoms with Crippen LogP contribution in [0.5, 0.6) is 11.6 Å². The van der Waals surface area contributed by atoms with Gasteiger partial charge in [-0.3, -0.25) is 0 Å². The molecule has 1 rings (SSSR count). The first-order valence-electron chi connectivity index (χ1n) is 4.75. The Balaban J connectivity index is 2.76. The van der Waals surface area contributed by atoms with E-state index >= 15 is 0 Å². The third-order valence-electron chi connectivity index (χ3n) is 1.65. The van der Waals surface area contributed by atoms with Crippen molar-refractivity contribution in [3.63, 3.8) is 0 Å². The first kappa shape index (κ1) is 12.3. The number of rotatable bonds is 3. The molecule has 15 heavy (non-hydrogen) atoms. The molecule has 4 heteroatoms. The summed E-state index contributed by atoms with van der Waals surface area (Å²) in [7, 11) is 1.60. The molecule has 0 aliphatic carbocycles. The van der Waals surface area contributed by atoms with Gasteiger partial charge in [0.2, 0.25) is 0 Å². The first-order chi connectivity index (χ1) is 6.92. The molecule has 0 spiro atoms. The van der Waals surface area contributed by atoms with E-state index in [0.717, 1.165) is 4.47 Å². The molecule has 0 aliphatic heterocycles. The quantitative estimate of drug-likeness (QED) is 0.847. The monoisotopic (exact) mass is 273 g/mol. The summed E-state index contributed by atoms with van der Waals surface area (Å²) in [5, 5.41) is 0. The van der Waals surface area contributed by atoms with Gasteiger partial charge in [0.15, 0.2) is 5.75 Å². The van der Waals surface area contributed by atoms with Crippen molar-refractivity contribution in [1.29, 1.82) is 0 Å². The lowest BCUT2D eigenvalue weighted by molar-refractivity contribution is 0.184. The van der Waals surface area contributed by atoms with Crippen molar-refractivity contribution >= 4 is 15.9 Å². The van der Waals surface area contributed by atoms with Crippen molar-refractivity contribution < 1.29 is 9.47 Å². The van der Waals surface area contributed by atoms with Crippen LogP contribution in [0.15, 0.2) is 16.7 Å². The maximum Gasteiger partial charge on any atom is 0.257 e. The second-order valence-electron chi connectivity index (χ2n) is 4.51. The van der Waals surface area contributed by atoms with Gasteiger partial charge < -0.3 is 9.47 Å².